The number of ketones is 1. The number of hydrogen-bond donors (Lipinski definition) is 1. The molecule has 0 aliphatic heterocycles. The van der Waals surface area contributed by atoms with E-state index in [0.29, 0.717) is 47.3 Å². The summed E-state index contributed by atoms with van der Waals surface area (Å²) in [5, 5.41) is 3.80. The molecule has 0 unspecified atom stereocenters. The van der Waals surface area contributed by atoms with Crippen LogP contribution in [-0.4, -0.2) is 26.5 Å². The summed E-state index contributed by atoms with van der Waals surface area (Å²) in [6.45, 7) is -0.359. The van der Waals surface area contributed by atoms with Crippen LogP contribution in [0.1, 0.15) is 63.7 Å². The summed E-state index contributed by atoms with van der Waals surface area (Å²) in [6, 6.07) is 13.1. The zero-order valence-electron chi connectivity index (χ0n) is 22.4. The lowest BCUT2D eigenvalue weighted by molar-refractivity contribution is -0.142. The van der Waals surface area contributed by atoms with Gasteiger partial charge in [-0.1, -0.05) is 24.3 Å². The second-order valence-corrected chi connectivity index (χ2v) is 10.4. The summed E-state index contributed by atoms with van der Waals surface area (Å²) in [6.07, 6.45) is -1.10. The Morgan fingerprint density at radius 3 is 2.52 bits per heavy atom. The molecule has 0 saturated heterocycles. The molecule has 0 spiro atoms. The molecule has 0 radical (unpaired) electrons. The van der Waals surface area contributed by atoms with E-state index in [9.17, 15) is 31.5 Å². The standard InChI is InChI=1S/C31H27F5N4O2/c32-21-6-3-5-18(14-21)13-20(28-23(8-4-12-38-28)19-10-11-26(33)25(16-19)30(37)42)15-22(41)17-40-27-9-2-1-7-24(27)29(39-40)31(34,35)36/h3-6,8,10-12,14,16,20H,1-2,7,9,13,15,17H2,(H2,37,42)/t20-/m1/s1. The van der Waals surface area contributed by atoms with E-state index < -0.39 is 35.3 Å². The molecule has 1 aliphatic carbocycles. The van der Waals surface area contributed by atoms with Gasteiger partial charge in [0.15, 0.2) is 11.5 Å². The molecule has 4 aromatic rings. The lowest BCUT2D eigenvalue weighted by Crippen LogP contribution is -2.20. The third kappa shape index (κ3) is 6.24. The highest BCUT2D eigenvalue weighted by molar-refractivity contribution is 5.94. The Hall–Kier alpha value is -4.41. The average Bonchev–Trinajstić information content (AvgIpc) is 3.32. The van der Waals surface area contributed by atoms with Gasteiger partial charge in [-0.15, -0.1) is 0 Å². The van der Waals surface area contributed by atoms with Crippen LogP contribution in [0.4, 0.5) is 22.0 Å². The van der Waals surface area contributed by atoms with Crippen LogP contribution in [0.15, 0.2) is 60.8 Å². The highest BCUT2D eigenvalue weighted by atomic mass is 19.4. The number of carbonyl (C=O) groups excluding carboxylic acids is 2. The van der Waals surface area contributed by atoms with Gasteiger partial charge in [0.25, 0.3) is 5.91 Å². The molecule has 2 aromatic carbocycles. The number of nitrogens with two attached hydrogens (primary N) is 1. The van der Waals surface area contributed by atoms with Crippen LogP contribution in [-0.2, 0) is 36.8 Å². The van der Waals surface area contributed by atoms with Gasteiger partial charge in [-0.05, 0) is 73.6 Å². The Morgan fingerprint density at radius 1 is 1.00 bits per heavy atom. The maximum atomic E-state index is 14.2. The molecule has 1 amide bonds. The Morgan fingerprint density at radius 2 is 1.79 bits per heavy atom. The number of Topliss-reactive ketones (excluding diaryl/α,β-unsaturated/α-hetero) is 1. The lowest BCUT2D eigenvalue weighted by atomic mass is 9.86. The van der Waals surface area contributed by atoms with Crippen molar-refractivity contribution in [2.24, 2.45) is 5.73 Å². The molecular weight excluding hydrogens is 555 g/mol. The maximum Gasteiger partial charge on any atom is 0.435 e. The van der Waals surface area contributed by atoms with Crippen LogP contribution in [0.5, 0.6) is 0 Å². The summed E-state index contributed by atoms with van der Waals surface area (Å²) in [7, 11) is 0. The zero-order chi connectivity index (χ0) is 30.0. The van der Waals surface area contributed by atoms with Gasteiger partial charge in [0.05, 0.1) is 17.8 Å². The number of amides is 1. The molecule has 5 rings (SSSR count). The number of halogens is 5. The monoisotopic (exact) mass is 582 g/mol. The predicted octanol–water partition coefficient (Wildman–Crippen LogP) is 6.21. The smallest absolute Gasteiger partial charge is 0.366 e. The van der Waals surface area contributed by atoms with Gasteiger partial charge in [0.2, 0.25) is 0 Å². The van der Waals surface area contributed by atoms with Crippen molar-refractivity contribution in [1.29, 1.82) is 0 Å². The molecule has 1 aliphatic rings. The van der Waals surface area contributed by atoms with Crippen LogP contribution in [0.2, 0.25) is 0 Å². The van der Waals surface area contributed by atoms with E-state index in [0.717, 1.165) is 10.7 Å². The van der Waals surface area contributed by atoms with E-state index in [-0.39, 0.29) is 42.7 Å². The van der Waals surface area contributed by atoms with Gasteiger partial charge >= 0.3 is 6.18 Å². The fraction of sp³-hybridized carbons (Fsp3) is 0.290. The van der Waals surface area contributed by atoms with E-state index in [1.807, 2.05) is 0 Å². The Kier molecular flexibility index (Phi) is 8.20. The first kappa shape index (κ1) is 29.1. The highest BCUT2D eigenvalue weighted by Gasteiger charge is 2.39. The molecule has 2 heterocycles. The van der Waals surface area contributed by atoms with E-state index in [2.05, 4.69) is 10.1 Å². The van der Waals surface area contributed by atoms with Crippen LogP contribution in [0.3, 0.4) is 0 Å². The first-order valence-corrected chi connectivity index (χ1v) is 13.5. The summed E-state index contributed by atoms with van der Waals surface area (Å²) in [5.41, 5.74) is 6.59. The SMILES string of the molecule is NC(=O)c1cc(-c2cccnc2[C@@H](CC(=O)Cn2nc(C(F)(F)F)c3c2CCCC3)Cc2cccc(F)c2)ccc1F. The third-order valence-electron chi connectivity index (χ3n) is 7.46. The minimum absolute atomic E-state index is 0.139. The van der Waals surface area contributed by atoms with Gasteiger partial charge < -0.3 is 5.73 Å². The van der Waals surface area contributed by atoms with Gasteiger partial charge in [-0.2, -0.15) is 18.3 Å². The molecule has 2 aromatic heterocycles. The molecular formula is C31H27F5N4O2. The molecule has 0 bridgehead atoms. The van der Waals surface area contributed by atoms with E-state index in [1.54, 1.807) is 18.2 Å². The predicted molar refractivity (Wildman–Crippen MR) is 144 cm³/mol. The number of nitrogens with zero attached hydrogens (tertiary/aromatic N) is 3. The zero-order valence-corrected chi connectivity index (χ0v) is 22.4. The van der Waals surface area contributed by atoms with Crippen molar-refractivity contribution in [2.45, 2.75) is 57.2 Å². The number of benzene rings is 2. The number of carbonyl (C=O) groups is 2. The summed E-state index contributed by atoms with van der Waals surface area (Å²) in [5.74, 6) is -3.22. The number of pyridine rings is 1. The minimum atomic E-state index is -4.63. The van der Waals surface area contributed by atoms with Crippen molar-refractivity contribution in [3.63, 3.8) is 0 Å². The molecule has 0 saturated carbocycles. The first-order valence-electron chi connectivity index (χ1n) is 13.5. The quantitative estimate of drug-likeness (QED) is 0.238. The van der Waals surface area contributed by atoms with Crippen LogP contribution in [0, 0.1) is 11.6 Å². The van der Waals surface area contributed by atoms with E-state index >= 15 is 0 Å². The molecule has 11 heteroatoms. The number of alkyl halides is 3. The Bertz CT molecular complexity index is 1650. The molecule has 42 heavy (non-hydrogen) atoms. The van der Waals surface area contributed by atoms with Crippen molar-refractivity contribution in [1.82, 2.24) is 14.8 Å². The second-order valence-electron chi connectivity index (χ2n) is 10.4. The number of primary amides is 1. The van der Waals surface area contributed by atoms with Crippen molar-refractivity contribution in [3.05, 3.63) is 106 Å². The number of fused-ring (bicyclic) bond motifs is 1. The number of hydrogen-bond acceptors (Lipinski definition) is 4. The van der Waals surface area contributed by atoms with Gasteiger partial charge in [-0.25, -0.2) is 8.78 Å². The topological polar surface area (TPSA) is 90.9 Å². The first-order chi connectivity index (χ1) is 20.0. The normalized spacial score (nSPS) is 13.9. The van der Waals surface area contributed by atoms with Crippen LogP contribution < -0.4 is 5.73 Å². The Balaban J connectivity index is 1.51. The summed E-state index contributed by atoms with van der Waals surface area (Å²) < 4.78 is 70.5. The summed E-state index contributed by atoms with van der Waals surface area (Å²) >= 11 is 0. The van der Waals surface area contributed by atoms with E-state index in [1.165, 1.54) is 36.5 Å². The fourth-order valence-corrected chi connectivity index (χ4v) is 5.62. The van der Waals surface area contributed by atoms with E-state index in [4.69, 9.17) is 5.73 Å². The van der Waals surface area contributed by atoms with Crippen molar-refractivity contribution in [2.75, 3.05) is 0 Å². The summed E-state index contributed by atoms with van der Waals surface area (Å²) in [4.78, 5) is 29.8. The average molecular weight is 583 g/mol. The van der Waals surface area contributed by atoms with Crippen LogP contribution in [0.25, 0.3) is 11.1 Å². The largest absolute Gasteiger partial charge is 0.435 e. The lowest BCUT2D eigenvalue weighted by Gasteiger charge is -2.20. The number of aromatic nitrogens is 3. The third-order valence-corrected chi connectivity index (χ3v) is 7.46. The highest BCUT2D eigenvalue weighted by Crippen LogP contribution is 2.37. The van der Waals surface area contributed by atoms with Crippen molar-refractivity contribution >= 4 is 11.7 Å². The van der Waals surface area contributed by atoms with Gasteiger partial charge in [0, 0.05) is 35.4 Å². The minimum Gasteiger partial charge on any atom is -0.366 e. The van der Waals surface area contributed by atoms with Gasteiger partial charge in [-0.3, -0.25) is 19.3 Å². The fourth-order valence-electron chi connectivity index (χ4n) is 5.62. The molecule has 0 fully saturated rings. The number of rotatable bonds is 9. The molecule has 2 N–H and O–H groups in total. The molecule has 218 valence electrons. The van der Waals surface area contributed by atoms with Crippen molar-refractivity contribution in [3.8, 4) is 11.1 Å². The molecule has 1 atom stereocenters. The van der Waals surface area contributed by atoms with Gasteiger partial charge in [0.1, 0.15) is 11.6 Å². The second kappa shape index (κ2) is 11.8. The maximum absolute atomic E-state index is 14.2. The Labute approximate surface area is 238 Å². The van der Waals surface area contributed by atoms with Crippen LogP contribution >= 0.6 is 0 Å². The molecule has 6 nitrogen and oxygen atoms in total. The van der Waals surface area contributed by atoms with Crippen molar-refractivity contribution < 1.29 is 31.5 Å².